The molecule has 0 radical (unpaired) electrons. The van der Waals surface area contributed by atoms with Gasteiger partial charge >= 0.3 is 0 Å². The molecule has 1 atom stereocenters. The number of ketones is 1. The highest BCUT2D eigenvalue weighted by Crippen LogP contribution is 2.36. The monoisotopic (exact) mass is 501 g/mol. The number of fused-ring (bicyclic) bond motifs is 1. The smallest absolute Gasteiger partial charge is 0.222 e. The van der Waals surface area contributed by atoms with Crippen LogP contribution < -0.4 is 14.2 Å². The van der Waals surface area contributed by atoms with E-state index in [4.69, 9.17) is 14.2 Å². The van der Waals surface area contributed by atoms with E-state index in [1.165, 1.54) is 0 Å². The number of amides is 1. The van der Waals surface area contributed by atoms with Crippen LogP contribution in [0.25, 0.3) is 0 Å². The third-order valence-electron chi connectivity index (χ3n) is 7.02. The minimum Gasteiger partial charge on any atom is -0.493 e. The van der Waals surface area contributed by atoms with Crippen molar-refractivity contribution in [3.63, 3.8) is 0 Å². The van der Waals surface area contributed by atoms with Crippen molar-refractivity contribution in [2.45, 2.75) is 38.7 Å². The van der Waals surface area contributed by atoms with Crippen LogP contribution in [0.3, 0.4) is 0 Å². The molecule has 3 aromatic carbocycles. The van der Waals surface area contributed by atoms with Gasteiger partial charge in [-0.2, -0.15) is 0 Å². The number of nitrogens with zero attached hydrogens (tertiary/aromatic N) is 1. The maximum Gasteiger partial charge on any atom is 0.222 e. The van der Waals surface area contributed by atoms with Crippen LogP contribution in [-0.2, 0) is 24.2 Å². The summed E-state index contributed by atoms with van der Waals surface area (Å²) < 4.78 is 16.7. The van der Waals surface area contributed by atoms with E-state index in [9.17, 15) is 9.59 Å². The Kier molecular flexibility index (Phi) is 8.83. The summed E-state index contributed by atoms with van der Waals surface area (Å²) in [6, 6.07) is 21.7. The molecule has 1 aliphatic carbocycles. The van der Waals surface area contributed by atoms with E-state index in [0.29, 0.717) is 43.1 Å². The van der Waals surface area contributed by atoms with E-state index in [1.54, 1.807) is 25.2 Å². The summed E-state index contributed by atoms with van der Waals surface area (Å²) in [4.78, 5) is 27.7. The summed E-state index contributed by atoms with van der Waals surface area (Å²) in [6.45, 7) is 1.13. The molecule has 3 aromatic rings. The second kappa shape index (κ2) is 12.4. The summed E-state index contributed by atoms with van der Waals surface area (Å²) in [6.07, 6.45) is 3.18. The molecule has 0 saturated carbocycles. The molecule has 4 rings (SSSR count). The fraction of sp³-hybridized carbons (Fsp3) is 0.355. The Morgan fingerprint density at radius 3 is 2.43 bits per heavy atom. The van der Waals surface area contributed by atoms with E-state index in [1.807, 2.05) is 61.6 Å². The lowest BCUT2D eigenvalue weighted by atomic mass is 9.80. The van der Waals surface area contributed by atoms with Gasteiger partial charge in [0.2, 0.25) is 5.91 Å². The zero-order valence-corrected chi connectivity index (χ0v) is 21.9. The van der Waals surface area contributed by atoms with Crippen LogP contribution in [0, 0.1) is 5.92 Å². The largest absolute Gasteiger partial charge is 0.493 e. The highest BCUT2D eigenvalue weighted by molar-refractivity contribution is 6.01. The zero-order valence-electron chi connectivity index (χ0n) is 21.9. The predicted octanol–water partition coefficient (Wildman–Crippen LogP) is 5.51. The minimum absolute atomic E-state index is 0.0578. The number of Topliss-reactive ketones (excluding diaryl/α,β-unsaturated/α-hetero) is 1. The van der Waals surface area contributed by atoms with Crippen molar-refractivity contribution >= 4 is 11.7 Å². The number of ether oxygens (including phenoxy) is 3. The van der Waals surface area contributed by atoms with Crippen LogP contribution in [0.5, 0.6) is 17.2 Å². The number of methoxy groups -OCH3 is 2. The summed E-state index contributed by atoms with van der Waals surface area (Å²) in [5.41, 5.74) is 3.91. The fourth-order valence-electron chi connectivity index (χ4n) is 4.76. The molecule has 0 spiro atoms. The van der Waals surface area contributed by atoms with Crippen LogP contribution in [-0.4, -0.2) is 44.4 Å². The van der Waals surface area contributed by atoms with Gasteiger partial charge in [-0.3, -0.25) is 9.59 Å². The van der Waals surface area contributed by atoms with Crippen LogP contribution in [0.15, 0.2) is 66.7 Å². The molecule has 1 aliphatic rings. The van der Waals surface area contributed by atoms with Crippen LogP contribution in [0.2, 0.25) is 0 Å². The molecule has 0 N–H and O–H groups in total. The molecule has 0 fully saturated rings. The number of hydrogen-bond donors (Lipinski definition) is 0. The maximum absolute atomic E-state index is 13.1. The van der Waals surface area contributed by atoms with Crippen molar-refractivity contribution < 1.29 is 23.8 Å². The summed E-state index contributed by atoms with van der Waals surface area (Å²) in [7, 11) is 4.99. The fourth-order valence-corrected chi connectivity index (χ4v) is 4.76. The summed E-state index contributed by atoms with van der Waals surface area (Å²) >= 11 is 0. The predicted molar refractivity (Wildman–Crippen MR) is 143 cm³/mol. The van der Waals surface area contributed by atoms with Gasteiger partial charge in [-0.1, -0.05) is 42.5 Å². The van der Waals surface area contributed by atoms with E-state index in [0.717, 1.165) is 41.7 Å². The number of carbonyl (C=O) groups is 2. The van der Waals surface area contributed by atoms with E-state index < -0.39 is 0 Å². The lowest BCUT2D eigenvalue weighted by molar-refractivity contribution is -0.130. The SMILES string of the molecule is COc1cc2c(cc1OC)C(=O)C(CCC(=O)N(C)CCc1cccc(OCc3ccccc3)c1)CC2. The Hall–Kier alpha value is -3.80. The minimum atomic E-state index is -0.151. The molecule has 0 saturated heterocycles. The van der Waals surface area contributed by atoms with Crippen molar-refractivity contribution in [3.05, 3.63) is 89.0 Å². The van der Waals surface area contributed by atoms with E-state index in [2.05, 4.69) is 6.07 Å². The number of rotatable bonds is 11. The van der Waals surface area contributed by atoms with Crippen molar-refractivity contribution in [2.75, 3.05) is 27.8 Å². The first-order valence-electron chi connectivity index (χ1n) is 12.8. The number of hydrogen-bond acceptors (Lipinski definition) is 5. The molecular weight excluding hydrogens is 466 g/mol. The van der Waals surface area contributed by atoms with E-state index >= 15 is 0 Å². The van der Waals surface area contributed by atoms with Gasteiger partial charge in [0.15, 0.2) is 17.3 Å². The molecular formula is C31H35NO5. The Morgan fingerprint density at radius 2 is 1.68 bits per heavy atom. The second-order valence-electron chi connectivity index (χ2n) is 9.49. The van der Waals surface area contributed by atoms with Gasteiger partial charge in [0.25, 0.3) is 0 Å². The topological polar surface area (TPSA) is 65.1 Å². The molecule has 0 aromatic heterocycles. The third-order valence-corrected chi connectivity index (χ3v) is 7.02. The first-order chi connectivity index (χ1) is 18.0. The third kappa shape index (κ3) is 6.70. The van der Waals surface area contributed by atoms with Gasteiger partial charge in [0, 0.05) is 31.5 Å². The van der Waals surface area contributed by atoms with Gasteiger partial charge in [-0.05, 0) is 66.6 Å². The summed E-state index contributed by atoms with van der Waals surface area (Å²) in [5, 5.41) is 0. The van der Waals surface area contributed by atoms with Gasteiger partial charge < -0.3 is 19.1 Å². The number of benzene rings is 3. The first-order valence-corrected chi connectivity index (χ1v) is 12.8. The van der Waals surface area contributed by atoms with Gasteiger partial charge in [0.1, 0.15) is 12.4 Å². The summed E-state index contributed by atoms with van der Waals surface area (Å²) in [5.74, 6) is 2.01. The van der Waals surface area contributed by atoms with Crippen LogP contribution in [0.1, 0.15) is 46.3 Å². The van der Waals surface area contributed by atoms with Crippen molar-refractivity contribution in [3.8, 4) is 17.2 Å². The van der Waals surface area contributed by atoms with Crippen molar-refractivity contribution in [2.24, 2.45) is 5.92 Å². The molecule has 6 nitrogen and oxygen atoms in total. The lowest BCUT2D eigenvalue weighted by Crippen LogP contribution is -2.30. The van der Waals surface area contributed by atoms with Crippen LogP contribution in [0.4, 0.5) is 0 Å². The molecule has 1 unspecified atom stereocenters. The normalized spacial score (nSPS) is 14.6. The Morgan fingerprint density at radius 1 is 0.946 bits per heavy atom. The highest BCUT2D eigenvalue weighted by atomic mass is 16.5. The average molecular weight is 502 g/mol. The van der Waals surface area contributed by atoms with Gasteiger partial charge in [-0.25, -0.2) is 0 Å². The molecule has 6 heteroatoms. The molecule has 0 bridgehead atoms. The number of carbonyl (C=O) groups excluding carboxylic acids is 2. The Labute approximate surface area is 219 Å². The Balaban J connectivity index is 1.26. The molecule has 194 valence electrons. The number of likely N-dealkylation sites (N-methyl/N-ethyl adjacent to an activating group) is 1. The Bertz CT molecular complexity index is 1220. The quantitative estimate of drug-likeness (QED) is 0.347. The lowest BCUT2D eigenvalue weighted by Gasteiger charge is -2.25. The number of aryl methyl sites for hydroxylation is 1. The highest BCUT2D eigenvalue weighted by Gasteiger charge is 2.29. The second-order valence-corrected chi connectivity index (χ2v) is 9.49. The molecule has 1 amide bonds. The molecule has 0 heterocycles. The standard InChI is InChI=1S/C31H35NO5/c1-32(17-16-22-10-7-11-26(18-22)37-21-23-8-5-4-6-9-23)30(33)15-14-24-12-13-25-19-28(35-2)29(36-3)20-27(25)31(24)34/h4-11,18-20,24H,12-17,21H2,1-3H3. The molecule has 37 heavy (non-hydrogen) atoms. The van der Waals surface area contributed by atoms with Crippen molar-refractivity contribution in [1.82, 2.24) is 4.90 Å². The van der Waals surface area contributed by atoms with Crippen molar-refractivity contribution in [1.29, 1.82) is 0 Å². The van der Waals surface area contributed by atoms with Gasteiger partial charge in [-0.15, -0.1) is 0 Å². The van der Waals surface area contributed by atoms with Crippen LogP contribution >= 0.6 is 0 Å². The van der Waals surface area contributed by atoms with Gasteiger partial charge in [0.05, 0.1) is 14.2 Å². The first kappa shape index (κ1) is 26.3. The zero-order chi connectivity index (χ0) is 26.2. The average Bonchev–Trinajstić information content (AvgIpc) is 2.94. The molecule has 0 aliphatic heterocycles. The maximum atomic E-state index is 13.1. The van der Waals surface area contributed by atoms with E-state index in [-0.39, 0.29) is 17.6 Å².